The predicted octanol–water partition coefficient (Wildman–Crippen LogP) is 6.17. The van der Waals surface area contributed by atoms with Gasteiger partial charge in [-0.15, -0.1) is 0 Å². The van der Waals surface area contributed by atoms with Gasteiger partial charge in [-0.3, -0.25) is 0 Å². The van der Waals surface area contributed by atoms with E-state index in [0.29, 0.717) is 6.61 Å². The van der Waals surface area contributed by atoms with Crippen molar-refractivity contribution in [3.05, 3.63) is 95.6 Å². The first kappa shape index (κ1) is 17.5. The van der Waals surface area contributed by atoms with E-state index < -0.39 is 0 Å². The zero-order chi connectivity index (χ0) is 18.9. The van der Waals surface area contributed by atoms with Gasteiger partial charge in [0.05, 0.1) is 0 Å². The molecule has 1 unspecified atom stereocenters. The molecule has 0 bridgehead atoms. The van der Waals surface area contributed by atoms with Crippen LogP contribution in [0.15, 0.2) is 83.9 Å². The molecule has 0 fully saturated rings. The first-order valence-electron chi connectivity index (χ1n) is 9.48. The van der Waals surface area contributed by atoms with E-state index in [1.54, 1.807) is 0 Å². The van der Waals surface area contributed by atoms with Crippen LogP contribution in [0, 0.1) is 0 Å². The third-order valence-corrected chi connectivity index (χ3v) is 5.05. The van der Waals surface area contributed by atoms with Crippen LogP contribution in [0.5, 0.6) is 0 Å². The van der Waals surface area contributed by atoms with Crippen molar-refractivity contribution in [2.75, 3.05) is 6.61 Å². The van der Waals surface area contributed by atoms with E-state index in [1.807, 2.05) is 24.3 Å². The van der Waals surface area contributed by atoms with Crippen LogP contribution >= 0.6 is 0 Å². The lowest BCUT2D eigenvalue weighted by atomic mass is 9.86. The summed E-state index contributed by atoms with van der Waals surface area (Å²) in [7, 11) is 0. The van der Waals surface area contributed by atoms with Crippen molar-refractivity contribution in [2.45, 2.75) is 32.2 Å². The lowest BCUT2D eigenvalue weighted by molar-refractivity contribution is 0.320. The van der Waals surface area contributed by atoms with Gasteiger partial charge in [0.25, 0.3) is 0 Å². The Morgan fingerprint density at radius 3 is 2.07 bits per heavy atom. The summed E-state index contributed by atoms with van der Waals surface area (Å²) in [6.07, 6.45) is 0. The standard InChI is InChI=1S/C25H25NO/c1-25(2,3)20-15-13-18(14-16-20)21-11-7-8-12-22(21)24-26-23(17-27-24)19-9-5-4-6-10-19/h4-16,23H,17H2,1-3H3. The highest BCUT2D eigenvalue weighted by Crippen LogP contribution is 2.31. The van der Waals surface area contributed by atoms with Gasteiger partial charge >= 0.3 is 0 Å². The van der Waals surface area contributed by atoms with Crippen LogP contribution in [0.25, 0.3) is 11.1 Å². The summed E-state index contributed by atoms with van der Waals surface area (Å²) in [6.45, 7) is 7.30. The molecule has 0 saturated heterocycles. The highest BCUT2D eigenvalue weighted by Gasteiger charge is 2.23. The molecule has 0 saturated carbocycles. The first-order chi connectivity index (χ1) is 13.0. The van der Waals surface area contributed by atoms with Crippen molar-refractivity contribution in [3.8, 4) is 11.1 Å². The topological polar surface area (TPSA) is 21.6 Å². The van der Waals surface area contributed by atoms with Gasteiger partial charge in [-0.05, 0) is 33.7 Å². The lowest BCUT2D eigenvalue weighted by Gasteiger charge is -2.19. The Bertz CT molecular complexity index is 950. The normalized spacial score (nSPS) is 16.7. The fourth-order valence-electron chi connectivity index (χ4n) is 3.44. The monoisotopic (exact) mass is 355 g/mol. The molecule has 3 aromatic rings. The second-order valence-electron chi connectivity index (χ2n) is 8.04. The van der Waals surface area contributed by atoms with Crippen molar-refractivity contribution in [2.24, 2.45) is 4.99 Å². The Morgan fingerprint density at radius 1 is 0.778 bits per heavy atom. The summed E-state index contributed by atoms with van der Waals surface area (Å²) in [4.78, 5) is 4.87. The second kappa shape index (κ2) is 7.03. The molecular weight excluding hydrogens is 330 g/mol. The maximum absolute atomic E-state index is 6.00. The number of hydrogen-bond donors (Lipinski definition) is 0. The summed E-state index contributed by atoms with van der Waals surface area (Å²) in [6, 6.07) is 27.6. The number of nitrogens with zero attached hydrogens (tertiary/aromatic N) is 1. The van der Waals surface area contributed by atoms with E-state index in [4.69, 9.17) is 9.73 Å². The highest BCUT2D eigenvalue weighted by molar-refractivity contribution is 6.01. The second-order valence-corrected chi connectivity index (χ2v) is 8.04. The predicted molar refractivity (Wildman–Crippen MR) is 112 cm³/mol. The SMILES string of the molecule is CC(C)(C)c1ccc(-c2ccccc2C2=NC(c3ccccc3)CO2)cc1. The molecule has 1 heterocycles. The van der Waals surface area contributed by atoms with Crippen molar-refractivity contribution >= 4 is 5.90 Å². The molecule has 0 amide bonds. The molecule has 0 radical (unpaired) electrons. The van der Waals surface area contributed by atoms with Gasteiger partial charge in [-0.1, -0.05) is 93.6 Å². The maximum Gasteiger partial charge on any atom is 0.217 e. The van der Waals surface area contributed by atoms with Gasteiger partial charge in [0.15, 0.2) is 0 Å². The zero-order valence-corrected chi connectivity index (χ0v) is 16.1. The lowest BCUT2D eigenvalue weighted by Crippen LogP contribution is -2.10. The van der Waals surface area contributed by atoms with Crippen LogP contribution in [-0.4, -0.2) is 12.5 Å². The molecule has 0 aromatic heterocycles. The number of ether oxygens (including phenoxy) is 1. The van der Waals surface area contributed by atoms with Gasteiger partial charge in [0.2, 0.25) is 5.90 Å². The Labute approximate surface area is 161 Å². The Morgan fingerprint density at radius 2 is 1.41 bits per heavy atom. The van der Waals surface area contributed by atoms with Crippen molar-refractivity contribution in [1.29, 1.82) is 0 Å². The summed E-state index contributed by atoms with van der Waals surface area (Å²) in [5.41, 5.74) is 6.08. The van der Waals surface area contributed by atoms with Crippen LogP contribution in [-0.2, 0) is 10.2 Å². The Hall–Kier alpha value is -2.87. The molecule has 2 heteroatoms. The molecule has 0 aliphatic carbocycles. The van der Waals surface area contributed by atoms with Crippen LogP contribution in [0.1, 0.15) is 43.5 Å². The molecule has 1 aliphatic heterocycles. The zero-order valence-electron chi connectivity index (χ0n) is 16.1. The molecule has 1 aliphatic rings. The molecule has 2 nitrogen and oxygen atoms in total. The van der Waals surface area contributed by atoms with E-state index in [2.05, 4.69) is 75.4 Å². The number of hydrogen-bond acceptors (Lipinski definition) is 2. The number of benzene rings is 3. The minimum absolute atomic E-state index is 0.0672. The molecule has 4 rings (SSSR count). The summed E-state index contributed by atoms with van der Waals surface area (Å²) in [5.74, 6) is 0.736. The van der Waals surface area contributed by atoms with Gasteiger partial charge in [0, 0.05) is 5.56 Å². The van der Waals surface area contributed by atoms with Crippen LogP contribution in [0.3, 0.4) is 0 Å². The van der Waals surface area contributed by atoms with Gasteiger partial charge in [-0.2, -0.15) is 0 Å². The molecular formula is C25H25NO. The van der Waals surface area contributed by atoms with Gasteiger partial charge < -0.3 is 4.74 Å². The van der Waals surface area contributed by atoms with Crippen molar-refractivity contribution in [1.82, 2.24) is 0 Å². The summed E-state index contributed by atoms with van der Waals surface area (Å²) < 4.78 is 6.00. The third-order valence-electron chi connectivity index (χ3n) is 5.05. The fourth-order valence-corrected chi connectivity index (χ4v) is 3.44. The molecule has 27 heavy (non-hydrogen) atoms. The summed E-state index contributed by atoms with van der Waals surface area (Å²) >= 11 is 0. The number of aliphatic imine (C=N–C) groups is 1. The van der Waals surface area contributed by atoms with Gasteiger partial charge in [-0.25, -0.2) is 4.99 Å². The molecule has 0 spiro atoms. The summed E-state index contributed by atoms with van der Waals surface area (Å²) in [5, 5.41) is 0. The smallest absolute Gasteiger partial charge is 0.217 e. The van der Waals surface area contributed by atoms with E-state index in [9.17, 15) is 0 Å². The van der Waals surface area contributed by atoms with E-state index in [0.717, 1.165) is 17.0 Å². The van der Waals surface area contributed by atoms with Crippen LogP contribution in [0.4, 0.5) is 0 Å². The molecule has 0 N–H and O–H groups in total. The average molecular weight is 355 g/mol. The minimum Gasteiger partial charge on any atom is -0.475 e. The Balaban J connectivity index is 1.68. The number of rotatable bonds is 3. The first-order valence-corrected chi connectivity index (χ1v) is 9.48. The average Bonchev–Trinajstić information content (AvgIpc) is 3.18. The van der Waals surface area contributed by atoms with Crippen LogP contribution in [0.2, 0.25) is 0 Å². The third kappa shape index (κ3) is 3.66. The molecule has 3 aromatic carbocycles. The van der Waals surface area contributed by atoms with E-state index >= 15 is 0 Å². The molecule has 1 atom stereocenters. The maximum atomic E-state index is 6.00. The van der Waals surface area contributed by atoms with Crippen molar-refractivity contribution < 1.29 is 4.74 Å². The highest BCUT2D eigenvalue weighted by atomic mass is 16.5. The largest absolute Gasteiger partial charge is 0.475 e. The van der Waals surface area contributed by atoms with Gasteiger partial charge in [0.1, 0.15) is 12.6 Å². The minimum atomic E-state index is 0.0672. The fraction of sp³-hybridized carbons (Fsp3) is 0.240. The van der Waals surface area contributed by atoms with E-state index in [1.165, 1.54) is 16.7 Å². The Kier molecular flexibility index (Phi) is 4.57. The van der Waals surface area contributed by atoms with E-state index in [-0.39, 0.29) is 11.5 Å². The van der Waals surface area contributed by atoms with Crippen molar-refractivity contribution in [3.63, 3.8) is 0 Å². The molecule has 136 valence electrons. The quantitative estimate of drug-likeness (QED) is 0.550. The van der Waals surface area contributed by atoms with Crippen LogP contribution < -0.4 is 0 Å².